The van der Waals surface area contributed by atoms with Gasteiger partial charge in [0.1, 0.15) is 0 Å². The van der Waals surface area contributed by atoms with E-state index < -0.39 is 17.9 Å². The van der Waals surface area contributed by atoms with Crippen molar-refractivity contribution in [2.75, 3.05) is 0 Å². The van der Waals surface area contributed by atoms with Crippen molar-refractivity contribution in [2.45, 2.75) is 12.5 Å². The molecule has 0 aliphatic carbocycles. The number of aromatic nitrogens is 1. The molecule has 0 bridgehead atoms. The quantitative estimate of drug-likeness (QED) is 0.890. The Hall–Kier alpha value is -2.40. The Morgan fingerprint density at radius 2 is 1.95 bits per heavy atom. The Labute approximate surface area is 126 Å². The first kappa shape index (κ1) is 15.0. The SMILES string of the molecule is O=C(O)CC(NC(=O)c1cnccc1Cl)c1ccccc1. The first-order valence-electron chi connectivity index (χ1n) is 6.25. The summed E-state index contributed by atoms with van der Waals surface area (Å²) in [5, 5.41) is 11.9. The number of carbonyl (C=O) groups is 2. The summed E-state index contributed by atoms with van der Waals surface area (Å²) in [6.07, 6.45) is 2.61. The lowest BCUT2D eigenvalue weighted by atomic mass is 10.0. The lowest BCUT2D eigenvalue weighted by Gasteiger charge is -2.17. The minimum absolute atomic E-state index is 0.213. The Bertz CT molecular complexity index is 646. The maximum Gasteiger partial charge on any atom is 0.305 e. The van der Waals surface area contributed by atoms with Gasteiger partial charge in [0.15, 0.2) is 0 Å². The molecular formula is C15H13ClN2O3. The third-order valence-electron chi connectivity index (χ3n) is 2.90. The van der Waals surface area contributed by atoms with Crippen molar-refractivity contribution < 1.29 is 14.7 Å². The van der Waals surface area contributed by atoms with Gasteiger partial charge in [-0.25, -0.2) is 0 Å². The fourth-order valence-corrected chi connectivity index (χ4v) is 2.08. The zero-order valence-corrected chi connectivity index (χ0v) is 11.7. The van der Waals surface area contributed by atoms with Crippen LogP contribution < -0.4 is 5.32 Å². The Kier molecular flexibility index (Phi) is 4.90. The highest BCUT2D eigenvalue weighted by Gasteiger charge is 2.20. The average Bonchev–Trinajstić information content (AvgIpc) is 2.47. The van der Waals surface area contributed by atoms with Crippen molar-refractivity contribution in [1.82, 2.24) is 10.3 Å². The van der Waals surface area contributed by atoms with Gasteiger partial charge in [-0.2, -0.15) is 0 Å². The number of carbonyl (C=O) groups excluding carboxylic acids is 1. The van der Waals surface area contributed by atoms with Gasteiger partial charge < -0.3 is 10.4 Å². The maximum atomic E-state index is 12.2. The zero-order valence-electron chi connectivity index (χ0n) is 11.0. The summed E-state index contributed by atoms with van der Waals surface area (Å²) in [7, 11) is 0. The van der Waals surface area contributed by atoms with E-state index in [1.807, 2.05) is 6.07 Å². The molecule has 0 radical (unpaired) electrons. The fraction of sp³-hybridized carbons (Fsp3) is 0.133. The van der Waals surface area contributed by atoms with Gasteiger partial charge in [-0.1, -0.05) is 41.9 Å². The summed E-state index contributed by atoms with van der Waals surface area (Å²) in [6, 6.07) is 9.79. The third-order valence-corrected chi connectivity index (χ3v) is 3.23. The van der Waals surface area contributed by atoms with Crippen molar-refractivity contribution in [3.8, 4) is 0 Å². The van der Waals surface area contributed by atoms with Crippen LogP contribution in [0.3, 0.4) is 0 Å². The number of halogens is 1. The van der Waals surface area contributed by atoms with Gasteiger partial charge in [-0.15, -0.1) is 0 Å². The molecule has 6 heteroatoms. The van der Waals surface area contributed by atoms with Crippen LogP contribution in [0, 0.1) is 0 Å². The average molecular weight is 305 g/mol. The second-order valence-corrected chi connectivity index (χ2v) is 4.80. The van der Waals surface area contributed by atoms with Gasteiger partial charge in [-0.3, -0.25) is 14.6 Å². The number of carboxylic acids is 1. The molecule has 2 aromatic rings. The summed E-state index contributed by atoms with van der Waals surface area (Å²) in [4.78, 5) is 27.0. The largest absolute Gasteiger partial charge is 0.481 e. The number of hydrogen-bond donors (Lipinski definition) is 2. The van der Waals surface area contributed by atoms with Crippen LogP contribution >= 0.6 is 11.6 Å². The number of rotatable bonds is 5. The molecule has 2 rings (SSSR count). The van der Waals surface area contributed by atoms with Crippen LogP contribution in [0.2, 0.25) is 5.02 Å². The first-order valence-corrected chi connectivity index (χ1v) is 6.63. The molecular weight excluding hydrogens is 292 g/mol. The molecule has 5 nitrogen and oxygen atoms in total. The number of nitrogens with one attached hydrogen (secondary N) is 1. The van der Waals surface area contributed by atoms with Crippen LogP contribution in [0.4, 0.5) is 0 Å². The van der Waals surface area contributed by atoms with Gasteiger partial charge in [0.05, 0.1) is 23.0 Å². The number of carboxylic acid groups (broad SMARTS) is 1. The van der Waals surface area contributed by atoms with Crippen LogP contribution in [0.1, 0.15) is 28.4 Å². The van der Waals surface area contributed by atoms with E-state index >= 15 is 0 Å². The monoisotopic (exact) mass is 304 g/mol. The topological polar surface area (TPSA) is 79.3 Å². The molecule has 1 amide bonds. The van der Waals surface area contributed by atoms with Gasteiger partial charge in [0, 0.05) is 12.4 Å². The Morgan fingerprint density at radius 3 is 2.57 bits per heavy atom. The van der Waals surface area contributed by atoms with Crippen molar-refractivity contribution in [3.05, 3.63) is 64.9 Å². The van der Waals surface area contributed by atoms with Crippen molar-refractivity contribution >= 4 is 23.5 Å². The van der Waals surface area contributed by atoms with Crippen LogP contribution in [-0.4, -0.2) is 22.0 Å². The summed E-state index contributed by atoms with van der Waals surface area (Å²) in [5.74, 6) is -1.45. The highest BCUT2D eigenvalue weighted by atomic mass is 35.5. The highest BCUT2D eigenvalue weighted by Crippen LogP contribution is 2.19. The molecule has 1 aromatic heterocycles. The second kappa shape index (κ2) is 6.85. The summed E-state index contributed by atoms with van der Waals surface area (Å²) in [6.45, 7) is 0. The normalized spacial score (nSPS) is 11.7. The molecule has 108 valence electrons. The van der Waals surface area contributed by atoms with E-state index in [0.717, 1.165) is 0 Å². The van der Waals surface area contributed by atoms with Gasteiger partial charge in [0.2, 0.25) is 0 Å². The van der Waals surface area contributed by atoms with Gasteiger partial charge in [0.25, 0.3) is 5.91 Å². The highest BCUT2D eigenvalue weighted by molar-refractivity contribution is 6.33. The van der Waals surface area contributed by atoms with Gasteiger partial charge >= 0.3 is 5.97 Å². The zero-order chi connectivity index (χ0) is 15.2. The van der Waals surface area contributed by atoms with Crippen LogP contribution in [0.5, 0.6) is 0 Å². The van der Waals surface area contributed by atoms with Gasteiger partial charge in [-0.05, 0) is 11.6 Å². The number of hydrogen-bond acceptors (Lipinski definition) is 3. The molecule has 0 aliphatic heterocycles. The summed E-state index contributed by atoms with van der Waals surface area (Å²) < 4.78 is 0. The molecule has 2 N–H and O–H groups in total. The molecule has 1 aromatic carbocycles. The minimum atomic E-state index is -0.999. The van der Waals surface area contributed by atoms with E-state index in [-0.39, 0.29) is 17.0 Å². The molecule has 1 unspecified atom stereocenters. The lowest BCUT2D eigenvalue weighted by Crippen LogP contribution is -2.30. The third kappa shape index (κ3) is 4.03. The molecule has 1 heterocycles. The predicted molar refractivity (Wildman–Crippen MR) is 78.1 cm³/mol. The molecule has 0 aliphatic rings. The maximum absolute atomic E-state index is 12.2. The molecule has 1 atom stereocenters. The second-order valence-electron chi connectivity index (χ2n) is 4.39. The lowest BCUT2D eigenvalue weighted by molar-refractivity contribution is -0.137. The molecule has 0 saturated heterocycles. The number of nitrogens with zero attached hydrogens (tertiary/aromatic N) is 1. The standard InChI is InChI=1S/C15H13ClN2O3/c16-12-6-7-17-9-11(12)15(21)18-13(8-14(19)20)10-4-2-1-3-5-10/h1-7,9,13H,8H2,(H,18,21)(H,19,20). The molecule has 0 spiro atoms. The number of amides is 1. The number of aliphatic carboxylic acids is 1. The summed E-state index contributed by atoms with van der Waals surface area (Å²) >= 11 is 5.94. The Morgan fingerprint density at radius 1 is 1.24 bits per heavy atom. The van der Waals surface area contributed by atoms with Crippen molar-refractivity contribution in [2.24, 2.45) is 0 Å². The predicted octanol–water partition coefficient (Wildman–Crippen LogP) is 2.68. The van der Waals surface area contributed by atoms with E-state index in [0.29, 0.717) is 5.56 Å². The van der Waals surface area contributed by atoms with E-state index in [2.05, 4.69) is 10.3 Å². The number of benzene rings is 1. The Balaban J connectivity index is 2.21. The van der Waals surface area contributed by atoms with E-state index in [4.69, 9.17) is 16.7 Å². The van der Waals surface area contributed by atoms with E-state index in [1.54, 1.807) is 24.3 Å². The number of pyridine rings is 1. The van der Waals surface area contributed by atoms with Crippen molar-refractivity contribution in [3.63, 3.8) is 0 Å². The first-order chi connectivity index (χ1) is 10.1. The molecule has 0 saturated carbocycles. The van der Waals surface area contributed by atoms with Crippen LogP contribution in [-0.2, 0) is 4.79 Å². The molecule has 0 fully saturated rings. The van der Waals surface area contributed by atoms with E-state index in [9.17, 15) is 9.59 Å². The van der Waals surface area contributed by atoms with Crippen LogP contribution in [0.25, 0.3) is 0 Å². The minimum Gasteiger partial charge on any atom is -0.481 e. The van der Waals surface area contributed by atoms with Crippen molar-refractivity contribution in [1.29, 1.82) is 0 Å². The van der Waals surface area contributed by atoms with Crippen LogP contribution in [0.15, 0.2) is 48.8 Å². The smallest absolute Gasteiger partial charge is 0.305 e. The summed E-state index contributed by atoms with van der Waals surface area (Å²) in [5.41, 5.74) is 0.929. The molecule has 21 heavy (non-hydrogen) atoms. The van der Waals surface area contributed by atoms with E-state index in [1.165, 1.54) is 18.5 Å². The fourth-order valence-electron chi connectivity index (χ4n) is 1.89.